The lowest BCUT2D eigenvalue weighted by Crippen LogP contribution is -2.06. The number of hydrogen-bond donors (Lipinski definition) is 1. The summed E-state index contributed by atoms with van der Waals surface area (Å²) in [6.07, 6.45) is 1.79. The molecule has 4 nitrogen and oxygen atoms in total. The van der Waals surface area contributed by atoms with Gasteiger partial charge in [-0.2, -0.15) is 0 Å². The molecule has 2 N–H and O–H groups in total. The Bertz CT molecular complexity index is 485. The van der Waals surface area contributed by atoms with Crippen LogP contribution in [0.15, 0.2) is 32.9 Å². The third-order valence-corrected chi connectivity index (χ3v) is 3.27. The number of nitrogens with zero attached hydrogens (tertiary/aromatic N) is 2. The van der Waals surface area contributed by atoms with E-state index < -0.39 is 0 Å². The van der Waals surface area contributed by atoms with Crippen molar-refractivity contribution in [2.24, 2.45) is 5.73 Å². The Kier molecular flexibility index (Phi) is 3.49. The standard InChI is InChI=1S/C12H15N3OS/c1-7(13)11-5-4-10(6-14-11)17-12-15-8(2)9(3)16-12/h4-7H,13H2,1-3H3/t7-/m1/s1. The molecular weight excluding hydrogens is 234 g/mol. The predicted octanol–water partition coefficient (Wildman–Crippen LogP) is 2.86. The van der Waals surface area contributed by atoms with E-state index in [1.165, 1.54) is 11.8 Å². The van der Waals surface area contributed by atoms with Gasteiger partial charge in [-0.25, -0.2) is 4.98 Å². The van der Waals surface area contributed by atoms with E-state index in [4.69, 9.17) is 10.2 Å². The van der Waals surface area contributed by atoms with Gasteiger partial charge in [0.05, 0.1) is 11.4 Å². The highest BCUT2D eigenvalue weighted by Crippen LogP contribution is 2.28. The van der Waals surface area contributed by atoms with Crippen molar-refractivity contribution < 1.29 is 4.42 Å². The first kappa shape index (κ1) is 12.1. The summed E-state index contributed by atoms with van der Waals surface area (Å²) in [5.41, 5.74) is 7.55. The second-order valence-corrected chi connectivity index (χ2v) is 4.96. The van der Waals surface area contributed by atoms with Crippen LogP contribution in [0.5, 0.6) is 0 Å². The zero-order valence-electron chi connectivity index (χ0n) is 10.1. The second-order valence-electron chi connectivity index (χ2n) is 3.93. The molecule has 2 heterocycles. The van der Waals surface area contributed by atoms with Crippen LogP contribution in [0.1, 0.15) is 30.1 Å². The van der Waals surface area contributed by atoms with Crippen molar-refractivity contribution in [3.05, 3.63) is 35.5 Å². The van der Waals surface area contributed by atoms with Crippen LogP contribution in [0.25, 0.3) is 0 Å². The minimum absolute atomic E-state index is 0.0414. The number of aromatic nitrogens is 2. The smallest absolute Gasteiger partial charge is 0.261 e. The minimum atomic E-state index is -0.0414. The van der Waals surface area contributed by atoms with Gasteiger partial charge in [0, 0.05) is 17.1 Å². The van der Waals surface area contributed by atoms with Crippen LogP contribution < -0.4 is 5.73 Å². The van der Waals surface area contributed by atoms with Crippen molar-refractivity contribution in [1.82, 2.24) is 9.97 Å². The maximum Gasteiger partial charge on any atom is 0.261 e. The summed E-state index contributed by atoms with van der Waals surface area (Å²) in [5.74, 6) is 0.854. The van der Waals surface area contributed by atoms with Crippen molar-refractivity contribution in [3.63, 3.8) is 0 Å². The number of hydrogen-bond acceptors (Lipinski definition) is 5. The van der Waals surface area contributed by atoms with E-state index in [9.17, 15) is 0 Å². The fourth-order valence-electron chi connectivity index (χ4n) is 1.31. The van der Waals surface area contributed by atoms with Crippen molar-refractivity contribution >= 4 is 11.8 Å². The molecule has 2 aromatic heterocycles. The molecule has 2 aromatic rings. The average molecular weight is 249 g/mol. The largest absolute Gasteiger partial charge is 0.436 e. The van der Waals surface area contributed by atoms with Gasteiger partial charge < -0.3 is 10.2 Å². The molecule has 0 unspecified atom stereocenters. The Morgan fingerprint density at radius 3 is 2.59 bits per heavy atom. The number of nitrogens with two attached hydrogens (primary N) is 1. The molecule has 17 heavy (non-hydrogen) atoms. The SMILES string of the molecule is Cc1nc(Sc2ccc([C@@H](C)N)nc2)oc1C. The molecule has 0 aliphatic heterocycles. The molecule has 0 fully saturated rings. The first-order valence-electron chi connectivity index (χ1n) is 5.39. The monoisotopic (exact) mass is 249 g/mol. The lowest BCUT2D eigenvalue weighted by atomic mass is 10.2. The molecule has 0 bridgehead atoms. The maximum absolute atomic E-state index is 5.74. The Morgan fingerprint density at radius 2 is 2.12 bits per heavy atom. The van der Waals surface area contributed by atoms with E-state index in [-0.39, 0.29) is 6.04 Å². The van der Waals surface area contributed by atoms with Crippen molar-refractivity contribution in [1.29, 1.82) is 0 Å². The summed E-state index contributed by atoms with van der Waals surface area (Å²) < 4.78 is 5.50. The van der Waals surface area contributed by atoms with Gasteiger partial charge in [0.25, 0.3) is 5.22 Å². The summed E-state index contributed by atoms with van der Waals surface area (Å²) in [7, 11) is 0. The minimum Gasteiger partial charge on any atom is -0.436 e. The van der Waals surface area contributed by atoms with Gasteiger partial charge in [0.1, 0.15) is 5.76 Å². The summed E-state index contributed by atoms with van der Waals surface area (Å²) in [5, 5.41) is 0.648. The van der Waals surface area contributed by atoms with Crippen LogP contribution in [-0.2, 0) is 0 Å². The molecule has 0 radical (unpaired) electrons. The summed E-state index contributed by atoms with van der Waals surface area (Å²) in [6.45, 7) is 5.75. The van der Waals surface area contributed by atoms with E-state index in [0.29, 0.717) is 5.22 Å². The van der Waals surface area contributed by atoms with Crippen LogP contribution in [0.3, 0.4) is 0 Å². The molecular formula is C12H15N3OS. The highest BCUT2D eigenvalue weighted by Gasteiger charge is 2.08. The third kappa shape index (κ3) is 2.87. The van der Waals surface area contributed by atoms with Crippen LogP contribution in [-0.4, -0.2) is 9.97 Å². The lowest BCUT2D eigenvalue weighted by Gasteiger charge is -2.04. The second kappa shape index (κ2) is 4.89. The molecule has 0 saturated heterocycles. The summed E-state index contributed by atoms with van der Waals surface area (Å²) in [4.78, 5) is 9.59. The fraction of sp³-hybridized carbons (Fsp3) is 0.333. The fourth-order valence-corrected chi connectivity index (χ4v) is 2.10. The topological polar surface area (TPSA) is 64.9 Å². The Morgan fingerprint density at radius 1 is 1.35 bits per heavy atom. The van der Waals surface area contributed by atoms with Gasteiger partial charge in [0.2, 0.25) is 0 Å². The summed E-state index contributed by atoms with van der Waals surface area (Å²) >= 11 is 1.46. The van der Waals surface area contributed by atoms with E-state index in [1.54, 1.807) is 6.20 Å². The van der Waals surface area contributed by atoms with Crippen LogP contribution in [0.4, 0.5) is 0 Å². The molecule has 0 amide bonds. The molecule has 0 saturated carbocycles. The van der Waals surface area contributed by atoms with Crippen LogP contribution >= 0.6 is 11.8 Å². The van der Waals surface area contributed by atoms with Gasteiger partial charge >= 0.3 is 0 Å². The van der Waals surface area contributed by atoms with Gasteiger partial charge in [-0.3, -0.25) is 4.98 Å². The average Bonchev–Trinajstić information content (AvgIpc) is 2.58. The lowest BCUT2D eigenvalue weighted by molar-refractivity contribution is 0.431. The van der Waals surface area contributed by atoms with E-state index in [0.717, 1.165) is 22.0 Å². The van der Waals surface area contributed by atoms with E-state index in [2.05, 4.69) is 9.97 Å². The molecule has 0 spiro atoms. The Labute approximate surface area is 105 Å². The number of pyridine rings is 1. The van der Waals surface area contributed by atoms with Gasteiger partial charge in [-0.1, -0.05) is 0 Å². The van der Waals surface area contributed by atoms with Crippen LogP contribution in [0, 0.1) is 13.8 Å². The van der Waals surface area contributed by atoms with Crippen LogP contribution in [0.2, 0.25) is 0 Å². The highest BCUT2D eigenvalue weighted by atomic mass is 32.2. The van der Waals surface area contributed by atoms with Crippen molar-refractivity contribution in [3.8, 4) is 0 Å². The molecule has 0 aliphatic carbocycles. The molecule has 0 aromatic carbocycles. The van der Waals surface area contributed by atoms with Gasteiger partial charge in [0.15, 0.2) is 0 Å². The zero-order valence-corrected chi connectivity index (χ0v) is 10.9. The molecule has 5 heteroatoms. The Hall–Kier alpha value is -1.33. The first-order valence-corrected chi connectivity index (χ1v) is 6.21. The van der Waals surface area contributed by atoms with E-state index in [1.807, 2.05) is 32.9 Å². The molecule has 1 atom stereocenters. The number of rotatable bonds is 3. The highest BCUT2D eigenvalue weighted by molar-refractivity contribution is 7.99. The quantitative estimate of drug-likeness (QED) is 0.906. The zero-order chi connectivity index (χ0) is 12.4. The predicted molar refractivity (Wildman–Crippen MR) is 66.9 cm³/mol. The van der Waals surface area contributed by atoms with E-state index >= 15 is 0 Å². The van der Waals surface area contributed by atoms with Crippen molar-refractivity contribution in [2.75, 3.05) is 0 Å². The molecule has 90 valence electrons. The maximum atomic E-state index is 5.74. The van der Waals surface area contributed by atoms with Gasteiger partial charge in [-0.05, 0) is 44.7 Å². The molecule has 2 rings (SSSR count). The number of oxazole rings is 1. The summed E-state index contributed by atoms with van der Waals surface area (Å²) in [6, 6.07) is 3.86. The van der Waals surface area contributed by atoms with Gasteiger partial charge in [-0.15, -0.1) is 0 Å². The number of aryl methyl sites for hydroxylation is 2. The third-order valence-electron chi connectivity index (χ3n) is 2.44. The first-order chi connectivity index (χ1) is 8.06. The molecule has 0 aliphatic rings. The van der Waals surface area contributed by atoms with Crippen molar-refractivity contribution in [2.45, 2.75) is 36.9 Å². The normalized spacial score (nSPS) is 12.7. The Balaban J connectivity index is 2.13.